The molecule has 1 heterocycles. The molecule has 118 valence electrons. The maximum absolute atomic E-state index is 5.93. The fraction of sp³-hybridized carbons (Fsp3) is 0.647. The van der Waals surface area contributed by atoms with Gasteiger partial charge in [0.25, 0.3) is 0 Å². The lowest BCUT2D eigenvalue weighted by Crippen LogP contribution is -2.33. The summed E-state index contributed by atoms with van der Waals surface area (Å²) in [5.41, 5.74) is 1.28. The van der Waals surface area contributed by atoms with Gasteiger partial charge in [-0.3, -0.25) is 4.90 Å². The Bertz CT molecular complexity index is 433. The number of hydrogen-bond donors (Lipinski definition) is 1. The Hall–Kier alpha value is -0.580. The molecule has 1 N–H and O–H groups in total. The molecule has 3 nitrogen and oxygen atoms in total. The summed E-state index contributed by atoms with van der Waals surface area (Å²) in [4.78, 5) is 2.50. The molecule has 0 saturated carbocycles. The average Bonchev–Trinajstić information content (AvgIpc) is 2.50. The SMILES string of the molecule is CCNC(C)c1ccc(OCCN2CCCCC2)c(Br)c1. The Morgan fingerprint density at radius 2 is 2.05 bits per heavy atom. The van der Waals surface area contributed by atoms with Crippen molar-refractivity contribution in [2.45, 2.75) is 39.2 Å². The Morgan fingerprint density at radius 1 is 1.29 bits per heavy atom. The van der Waals surface area contributed by atoms with Gasteiger partial charge in [-0.15, -0.1) is 0 Å². The summed E-state index contributed by atoms with van der Waals surface area (Å²) in [6.45, 7) is 9.54. The van der Waals surface area contributed by atoms with Crippen LogP contribution in [0.3, 0.4) is 0 Å². The van der Waals surface area contributed by atoms with E-state index in [-0.39, 0.29) is 0 Å². The normalized spacial score (nSPS) is 17.7. The molecule has 0 spiro atoms. The van der Waals surface area contributed by atoms with Gasteiger partial charge in [0.1, 0.15) is 12.4 Å². The molecule has 21 heavy (non-hydrogen) atoms. The molecule has 4 heteroatoms. The fourth-order valence-electron chi connectivity index (χ4n) is 2.80. The molecule has 1 unspecified atom stereocenters. The summed E-state index contributed by atoms with van der Waals surface area (Å²) in [5.74, 6) is 0.944. The van der Waals surface area contributed by atoms with E-state index in [9.17, 15) is 0 Å². The molecule has 0 radical (unpaired) electrons. The molecule has 2 rings (SSSR count). The zero-order chi connectivity index (χ0) is 15.1. The summed E-state index contributed by atoms with van der Waals surface area (Å²) in [6.07, 6.45) is 4.05. The predicted molar refractivity (Wildman–Crippen MR) is 92.0 cm³/mol. The monoisotopic (exact) mass is 354 g/mol. The molecule has 0 aromatic heterocycles. The van der Waals surface area contributed by atoms with Crippen molar-refractivity contribution in [3.63, 3.8) is 0 Å². The minimum atomic E-state index is 0.369. The third kappa shape index (κ3) is 5.28. The first-order valence-corrected chi connectivity index (χ1v) is 8.88. The van der Waals surface area contributed by atoms with Crippen LogP contribution in [0.1, 0.15) is 44.7 Å². The molecular weight excluding hydrogens is 328 g/mol. The first-order valence-electron chi connectivity index (χ1n) is 8.08. The maximum Gasteiger partial charge on any atom is 0.133 e. The van der Waals surface area contributed by atoms with Crippen LogP contribution in [0, 0.1) is 0 Å². The number of halogens is 1. The fourth-order valence-corrected chi connectivity index (χ4v) is 3.31. The summed E-state index contributed by atoms with van der Waals surface area (Å²) in [7, 11) is 0. The molecule has 1 aliphatic rings. The number of hydrogen-bond acceptors (Lipinski definition) is 3. The Labute approximate surface area is 137 Å². The number of benzene rings is 1. The van der Waals surface area contributed by atoms with Crippen molar-refractivity contribution in [1.29, 1.82) is 0 Å². The predicted octanol–water partition coefficient (Wildman–Crippen LogP) is 3.98. The van der Waals surface area contributed by atoms with Crippen LogP contribution in [0.4, 0.5) is 0 Å². The molecule has 0 bridgehead atoms. The van der Waals surface area contributed by atoms with Crippen LogP contribution in [0.2, 0.25) is 0 Å². The highest BCUT2D eigenvalue weighted by molar-refractivity contribution is 9.10. The molecule has 1 aromatic rings. The summed E-state index contributed by atoms with van der Waals surface area (Å²) in [5, 5.41) is 3.43. The lowest BCUT2D eigenvalue weighted by Gasteiger charge is -2.26. The second kappa shape index (κ2) is 8.76. The lowest BCUT2D eigenvalue weighted by molar-refractivity contribution is 0.183. The van der Waals surface area contributed by atoms with Crippen LogP contribution >= 0.6 is 15.9 Å². The van der Waals surface area contributed by atoms with Gasteiger partial charge in [0.05, 0.1) is 4.47 Å². The highest BCUT2D eigenvalue weighted by Crippen LogP contribution is 2.28. The van der Waals surface area contributed by atoms with Crippen molar-refractivity contribution < 1.29 is 4.74 Å². The van der Waals surface area contributed by atoms with Gasteiger partial charge in [0.15, 0.2) is 0 Å². The minimum absolute atomic E-state index is 0.369. The Morgan fingerprint density at radius 3 is 2.71 bits per heavy atom. The molecular formula is C17H27BrN2O. The molecule has 1 atom stereocenters. The van der Waals surface area contributed by atoms with Crippen molar-refractivity contribution in [3.05, 3.63) is 28.2 Å². The number of piperidine rings is 1. The van der Waals surface area contributed by atoms with Crippen LogP contribution in [0.25, 0.3) is 0 Å². The first-order chi connectivity index (χ1) is 10.2. The largest absolute Gasteiger partial charge is 0.491 e. The van der Waals surface area contributed by atoms with Crippen LogP contribution in [-0.4, -0.2) is 37.7 Å². The van der Waals surface area contributed by atoms with Crippen LogP contribution in [0.5, 0.6) is 5.75 Å². The zero-order valence-electron chi connectivity index (χ0n) is 13.2. The van der Waals surface area contributed by atoms with E-state index < -0.39 is 0 Å². The number of ether oxygens (including phenoxy) is 1. The van der Waals surface area contributed by atoms with Gasteiger partial charge in [-0.05, 0) is 73.0 Å². The number of nitrogens with one attached hydrogen (secondary N) is 1. The van der Waals surface area contributed by atoms with E-state index in [2.05, 4.69) is 58.2 Å². The van der Waals surface area contributed by atoms with Gasteiger partial charge in [-0.25, -0.2) is 0 Å². The second-order valence-corrected chi connectivity index (χ2v) is 6.57. The van der Waals surface area contributed by atoms with Crippen molar-refractivity contribution in [2.24, 2.45) is 0 Å². The summed E-state index contributed by atoms with van der Waals surface area (Å²) in [6, 6.07) is 6.75. The zero-order valence-corrected chi connectivity index (χ0v) is 14.8. The van der Waals surface area contributed by atoms with E-state index in [4.69, 9.17) is 4.74 Å². The quantitative estimate of drug-likeness (QED) is 0.801. The molecule has 1 saturated heterocycles. The van der Waals surface area contributed by atoms with Crippen LogP contribution in [-0.2, 0) is 0 Å². The van der Waals surface area contributed by atoms with Crippen molar-refractivity contribution >= 4 is 15.9 Å². The standard InChI is InChI=1S/C17H27BrN2O/c1-3-19-14(2)15-7-8-17(16(18)13-15)21-12-11-20-9-5-4-6-10-20/h7-8,13-14,19H,3-6,9-12H2,1-2H3. The molecule has 0 amide bonds. The smallest absolute Gasteiger partial charge is 0.133 e. The number of nitrogens with zero attached hydrogens (tertiary/aromatic N) is 1. The topological polar surface area (TPSA) is 24.5 Å². The number of likely N-dealkylation sites (tertiary alicyclic amines) is 1. The second-order valence-electron chi connectivity index (χ2n) is 5.72. The maximum atomic E-state index is 5.93. The molecule has 1 aliphatic heterocycles. The third-order valence-electron chi connectivity index (χ3n) is 4.08. The van der Waals surface area contributed by atoms with Crippen LogP contribution < -0.4 is 10.1 Å². The van der Waals surface area contributed by atoms with Crippen molar-refractivity contribution in [3.8, 4) is 5.75 Å². The van der Waals surface area contributed by atoms with Crippen molar-refractivity contribution in [2.75, 3.05) is 32.8 Å². The minimum Gasteiger partial charge on any atom is -0.491 e. The number of rotatable bonds is 7. The Kier molecular flexibility index (Phi) is 7.00. The van der Waals surface area contributed by atoms with E-state index in [0.717, 1.165) is 29.9 Å². The van der Waals surface area contributed by atoms with Crippen LogP contribution in [0.15, 0.2) is 22.7 Å². The average molecular weight is 355 g/mol. The van der Waals surface area contributed by atoms with E-state index in [1.807, 2.05) is 0 Å². The first kappa shape index (κ1) is 16.8. The van der Waals surface area contributed by atoms with Gasteiger partial charge >= 0.3 is 0 Å². The lowest BCUT2D eigenvalue weighted by atomic mass is 10.1. The van der Waals surface area contributed by atoms with Gasteiger partial charge in [0.2, 0.25) is 0 Å². The van der Waals surface area contributed by atoms with E-state index in [1.54, 1.807) is 0 Å². The van der Waals surface area contributed by atoms with Gasteiger partial charge < -0.3 is 10.1 Å². The highest BCUT2D eigenvalue weighted by Gasteiger charge is 2.11. The van der Waals surface area contributed by atoms with Gasteiger partial charge in [-0.2, -0.15) is 0 Å². The molecule has 1 fully saturated rings. The van der Waals surface area contributed by atoms with Gasteiger partial charge in [-0.1, -0.05) is 19.4 Å². The highest BCUT2D eigenvalue weighted by atomic mass is 79.9. The summed E-state index contributed by atoms with van der Waals surface area (Å²) < 4.78 is 6.97. The molecule has 1 aromatic carbocycles. The molecule has 0 aliphatic carbocycles. The van der Waals surface area contributed by atoms with Gasteiger partial charge in [0, 0.05) is 12.6 Å². The van der Waals surface area contributed by atoms with E-state index in [1.165, 1.54) is 37.9 Å². The van der Waals surface area contributed by atoms with E-state index >= 15 is 0 Å². The Balaban J connectivity index is 1.82. The van der Waals surface area contributed by atoms with Crippen molar-refractivity contribution in [1.82, 2.24) is 10.2 Å². The third-order valence-corrected chi connectivity index (χ3v) is 4.70. The summed E-state index contributed by atoms with van der Waals surface area (Å²) >= 11 is 3.63. The van der Waals surface area contributed by atoms with E-state index in [0.29, 0.717) is 6.04 Å².